The minimum Gasteiger partial charge on any atom is -0.381 e. The second-order valence-corrected chi connectivity index (χ2v) is 9.36. The Balaban J connectivity index is 1.61. The molecule has 3 atom stereocenters. The number of carbonyl (C=O) groups is 1. The molecule has 0 radical (unpaired) electrons. The van der Waals surface area contributed by atoms with Gasteiger partial charge in [-0.1, -0.05) is 30.3 Å². The number of hydrogen-bond donors (Lipinski definition) is 2. The Morgan fingerprint density at radius 1 is 1.19 bits per heavy atom. The van der Waals surface area contributed by atoms with Gasteiger partial charge in [0.15, 0.2) is 0 Å². The van der Waals surface area contributed by atoms with Crippen molar-refractivity contribution in [1.82, 2.24) is 15.5 Å². The molecular weight excluding hydrogens is 390 g/mol. The van der Waals surface area contributed by atoms with Gasteiger partial charge in [-0.2, -0.15) is 0 Å². The molecule has 0 spiro atoms. The van der Waals surface area contributed by atoms with E-state index in [0.717, 1.165) is 65.0 Å². The van der Waals surface area contributed by atoms with Gasteiger partial charge in [-0.3, -0.25) is 0 Å². The second-order valence-electron chi connectivity index (χ2n) is 9.36. The van der Waals surface area contributed by atoms with Crippen molar-refractivity contribution in [2.75, 3.05) is 39.9 Å². The third-order valence-corrected chi connectivity index (χ3v) is 6.46. The van der Waals surface area contributed by atoms with Crippen LogP contribution in [0.15, 0.2) is 30.3 Å². The van der Waals surface area contributed by atoms with Crippen LogP contribution in [0.3, 0.4) is 0 Å². The number of nitrogens with zero attached hydrogens (tertiary/aromatic N) is 1. The first kappa shape index (κ1) is 24.0. The zero-order valence-electron chi connectivity index (χ0n) is 19.5. The molecular formula is C25H41N3O3. The third-order valence-electron chi connectivity index (χ3n) is 6.46. The largest absolute Gasteiger partial charge is 0.381 e. The summed E-state index contributed by atoms with van der Waals surface area (Å²) < 4.78 is 11.8. The molecule has 1 aromatic rings. The number of amides is 2. The summed E-state index contributed by atoms with van der Waals surface area (Å²) in [6, 6.07) is 10.7. The molecule has 3 rings (SSSR count). The predicted octanol–water partition coefficient (Wildman–Crippen LogP) is 3.98. The lowest BCUT2D eigenvalue weighted by molar-refractivity contribution is -0.0434. The van der Waals surface area contributed by atoms with Crippen LogP contribution in [0.2, 0.25) is 0 Å². The van der Waals surface area contributed by atoms with Crippen molar-refractivity contribution in [3.63, 3.8) is 0 Å². The molecule has 2 aliphatic rings. The van der Waals surface area contributed by atoms with Crippen LogP contribution < -0.4 is 10.6 Å². The number of hydrogen-bond acceptors (Lipinski definition) is 4. The molecule has 174 valence electrons. The molecule has 2 saturated heterocycles. The van der Waals surface area contributed by atoms with Crippen LogP contribution in [0.25, 0.3) is 0 Å². The number of carbonyl (C=O) groups excluding carboxylic acids is 1. The number of ether oxygens (including phenoxy) is 2. The van der Waals surface area contributed by atoms with Crippen molar-refractivity contribution in [1.29, 1.82) is 0 Å². The summed E-state index contributed by atoms with van der Waals surface area (Å²) in [4.78, 5) is 15.2. The molecule has 0 bridgehead atoms. The molecule has 6 nitrogen and oxygen atoms in total. The van der Waals surface area contributed by atoms with E-state index in [9.17, 15) is 4.79 Å². The average molecular weight is 432 g/mol. The quantitative estimate of drug-likeness (QED) is 0.621. The maximum absolute atomic E-state index is 13.2. The van der Waals surface area contributed by atoms with E-state index in [4.69, 9.17) is 9.47 Å². The van der Waals surface area contributed by atoms with Crippen LogP contribution in [-0.2, 0) is 9.47 Å². The molecule has 2 N–H and O–H groups in total. The highest BCUT2D eigenvalue weighted by Gasteiger charge is 2.32. The standard InChI is InChI=1S/C25H41N3O3/c1-19(2)31-24(21-8-5-4-6-9-21)22-10-7-13-28(18-22)25(29)27-23(17-26-3)16-20-11-14-30-15-12-20/h4-6,8-9,19-20,22-24,26H,7,10-18H2,1-3H3,(H,27,29)/t22-,23+,24?/m1/s1. The van der Waals surface area contributed by atoms with E-state index in [-0.39, 0.29) is 24.3 Å². The summed E-state index contributed by atoms with van der Waals surface area (Å²) in [6.45, 7) is 8.20. The van der Waals surface area contributed by atoms with E-state index < -0.39 is 0 Å². The normalized spacial score (nSPS) is 22.3. The summed E-state index contributed by atoms with van der Waals surface area (Å²) in [5.41, 5.74) is 1.20. The SMILES string of the molecule is CNC[C@H](CC1CCOCC1)NC(=O)N1CCC[C@@H](C(OC(C)C)c2ccccc2)C1. The minimum atomic E-state index is 0.0205. The van der Waals surface area contributed by atoms with Crippen molar-refractivity contribution in [2.24, 2.45) is 11.8 Å². The zero-order chi connectivity index (χ0) is 22.1. The number of likely N-dealkylation sites (tertiary alicyclic amines) is 1. The van der Waals surface area contributed by atoms with E-state index in [0.29, 0.717) is 11.8 Å². The van der Waals surface area contributed by atoms with Crippen LogP contribution in [-0.4, -0.2) is 63.0 Å². The minimum absolute atomic E-state index is 0.0205. The van der Waals surface area contributed by atoms with Crippen LogP contribution in [0.5, 0.6) is 0 Å². The van der Waals surface area contributed by atoms with Gasteiger partial charge in [0.2, 0.25) is 0 Å². The number of likely N-dealkylation sites (N-methyl/N-ethyl adjacent to an activating group) is 1. The number of benzene rings is 1. The lowest BCUT2D eigenvalue weighted by Crippen LogP contribution is -2.52. The molecule has 0 aliphatic carbocycles. The van der Waals surface area contributed by atoms with Gasteiger partial charge in [-0.05, 0) is 64.5 Å². The molecule has 1 aromatic carbocycles. The van der Waals surface area contributed by atoms with Gasteiger partial charge in [0, 0.05) is 44.8 Å². The molecule has 0 aromatic heterocycles. The van der Waals surface area contributed by atoms with E-state index in [1.807, 2.05) is 18.0 Å². The smallest absolute Gasteiger partial charge is 0.317 e. The first-order valence-electron chi connectivity index (χ1n) is 12.0. The number of nitrogens with one attached hydrogen (secondary N) is 2. The first-order valence-corrected chi connectivity index (χ1v) is 12.0. The maximum atomic E-state index is 13.2. The molecule has 6 heteroatoms. The number of urea groups is 1. The highest BCUT2D eigenvalue weighted by molar-refractivity contribution is 5.74. The van der Waals surface area contributed by atoms with Gasteiger partial charge >= 0.3 is 6.03 Å². The van der Waals surface area contributed by atoms with E-state index >= 15 is 0 Å². The fraction of sp³-hybridized carbons (Fsp3) is 0.720. The van der Waals surface area contributed by atoms with Gasteiger partial charge in [0.25, 0.3) is 0 Å². The number of piperidine rings is 1. The molecule has 1 unspecified atom stereocenters. The van der Waals surface area contributed by atoms with E-state index in [1.54, 1.807) is 0 Å². The van der Waals surface area contributed by atoms with Gasteiger partial charge < -0.3 is 25.0 Å². The third kappa shape index (κ3) is 7.48. The monoisotopic (exact) mass is 431 g/mol. The Morgan fingerprint density at radius 3 is 2.61 bits per heavy atom. The van der Waals surface area contributed by atoms with Crippen molar-refractivity contribution in [3.05, 3.63) is 35.9 Å². The molecule has 31 heavy (non-hydrogen) atoms. The highest BCUT2D eigenvalue weighted by atomic mass is 16.5. The Morgan fingerprint density at radius 2 is 1.94 bits per heavy atom. The number of rotatable bonds is 9. The van der Waals surface area contributed by atoms with Crippen LogP contribution >= 0.6 is 0 Å². The van der Waals surface area contributed by atoms with E-state index in [1.165, 1.54) is 5.56 Å². The average Bonchev–Trinajstić information content (AvgIpc) is 2.79. The van der Waals surface area contributed by atoms with Crippen molar-refractivity contribution in [3.8, 4) is 0 Å². The zero-order valence-corrected chi connectivity index (χ0v) is 19.5. The van der Waals surface area contributed by atoms with E-state index in [2.05, 4.69) is 48.7 Å². The summed E-state index contributed by atoms with van der Waals surface area (Å²) in [5.74, 6) is 0.936. The van der Waals surface area contributed by atoms with Gasteiger partial charge in [-0.15, -0.1) is 0 Å². The molecule has 0 saturated carbocycles. The molecule has 2 fully saturated rings. The summed E-state index contributed by atoms with van der Waals surface area (Å²) in [7, 11) is 1.95. The van der Waals surface area contributed by atoms with Gasteiger partial charge in [0.05, 0.1) is 12.2 Å². The van der Waals surface area contributed by atoms with Crippen molar-refractivity contribution < 1.29 is 14.3 Å². The Bertz CT molecular complexity index is 649. The fourth-order valence-electron chi connectivity index (χ4n) is 4.93. The van der Waals surface area contributed by atoms with Crippen LogP contribution in [0, 0.1) is 11.8 Å². The Kier molecular flexibility index (Phi) is 9.62. The van der Waals surface area contributed by atoms with Crippen LogP contribution in [0.4, 0.5) is 4.79 Å². The first-order chi connectivity index (χ1) is 15.1. The van der Waals surface area contributed by atoms with Crippen molar-refractivity contribution in [2.45, 2.75) is 64.2 Å². The van der Waals surface area contributed by atoms with Gasteiger partial charge in [0.1, 0.15) is 0 Å². The summed E-state index contributed by atoms with van der Waals surface area (Å²) in [6.07, 6.45) is 5.45. The van der Waals surface area contributed by atoms with Crippen molar-refractivity contribution >= 4 is 6.03 Å². The highest BCUT2D eigenvalue weighted by Crippen LogP contribution is 2.34. The lowest BCUT2D eigenvalue weighted by atomic mass is 9.88. The maximum Gasteiger partial charge on any atom is 0.317 e. The summed E-state index contributed by atoms with van der Waals surface area (Å²) >= 11 is 0. The second kappa shape index (κ2) is 12.4. The summed E-state index contributed by atoms with van der Waals surface area (Å²) in [5, 5.41) is 6.57. The van der Waals surface area contributed by atoms with Crippen LogP contribution in [0.1, 0.15) is 57.6 Å². The Labute approximate surface area is 188 Å². The fourth-order valence-corrected chi connectivity index (χ4v) is 4.93. The lowest BCUT2D eigenvalue weighted by Gasteiger charge is -2.38. The molecule has 2 amide bonds. The molecule has 2 heterocycles. The predicted molar refractivity (Wildman–Crippen MR) is 124 cm³/mol. The van der Waals surface area contributed by atoms with Gasteiger partial charge in [-0.25, -0.2) is 4.79 Å². The molecule has 2 aliphatic heterocycles. The Hall–Kier alpha value is -1.63. The topological polar surface area (TPSA) is 62.8 Å².